The molecular formula is C27H28BrN3O5. The zero-order chi connectivity index (χ0) is 25.7. The van der Waals surface area contributed by atoms with Gasteiger partial charge < -0.3 is 24.6 Å². The molecule has 9 heteroatoms. The zero-order valence-electron chi connectivity index (χ0n) is 20.3. The van der Waals surface area contributed by atoms with Crippen LogP contribution in [0.15, 0.2) is 50.1 Å². The van der Waals surface area contributed by atoms with E-state index in [1.165, 1.54) is 6.07 Å². The summed E-state index contributed by atoms with van der Waals surface area (Å²) in [6, 6.07) is 10.2. The van der Waals surface area contributed by atoms with E-state index < -0.39 is 17.5 Å². The average molecular weight is 554 g/mol. The van der Waals surface area contributed by atoms with Crippen LogP contribution in [0.25, 0.3) is 22.3 Å². The summed E-state index contributed by atoms with van der Waals surface area (Å²) >= 11 is 3.56. The van der Waals surface area contributed by atoms with Crippen molar-refractivity contribution >= 4 is 26.9 Å². The van der Waals surface area contributed by atoms with Crippen molar-refractivity contribution in [2.75, 3.05) is 20.1 Å². The number of rotatable bonds is 4. The highest BCUT2D eigenvalue weighted by molar-refractivity contribution is 9.10. The molecule has 2 atom stereocenters. The fourth-order valence-electron chi connectivity index (χ4n) is 5.07. The van der Waals surface area contributed by atoms with Crippen LogP contribution in [-0.4, -0.2) is 56.2 Å². The Morgan fingerprint density at radius 3 is 2.64 bits per heavy atom. The van der Waals surface area contributed by atoms with Gasteiger partial charge in [-0.05, 0) is 61.4 Å². The molecule has 0 amide bonds. The molecule has 1 saturated heterocycles. The first-order valence-electron chi connectivity index (χ1n) is 11.8. The van der Waals surface area contributed by atoms with Crippen LogP contribution in [0, 0.1) is 13.8 Å². The topological polar surface area (TPSA) is 112 Å². The maximum atomic E-state index is 13.1. The van der Waals surface area contributed by atoms with Gasteiger partial charge in [-0.15, -0.1) is 0 Å². The highest BCUT2D eigenvalue weighted by Gasteiger charge is 2.33. The van der Waals surface area contributed by atoms with Gasteiger partial charge >= 0.3 is 0 Å². The van der Waals surface area contributed by atoms with Crippen LogP contribution >= 0.6 is 15.9 Å². The number of phenolic OH excluding ortho intramolecular Hbond substituents is 2. The lowest BCUT2D eigenvalue weighted by molar-refractivity contribution is 0.0630. The van der Waals surface area contributed by atoms with E-state index in [-0.39, 0.29) is 22.5 Å². The first-order chi connectivity index (χ1) is 17.1. The quantitative estimate of drug-likeness (QED) is 0.346. The zero-order valence-corrected chi connectivity index (χ0v) is 21.9. The number of nitrogens with zero attached hydrogens (tertiary/aromatic N) is 3. The molecule has 0 saturated carbocycles. The number of hydrogen-bond acceptors (Lipinski definition) is 7. The van der Waals surface area contributed by atoms with Crippen molar-refractivity contribution in [2.45, 2.75) is 38.8 Å². The van der Waals surface area contributed by atoms with Crippen molar-refractivity contribution in [2.24, 2.45) is 0 Å². The predicted molar refractivity (Wildman–Crippen MR) is 141 cm³/mol. The number of β-amino-alcohol motifs (C(OH)–C–C–N with tert-alkyl or cyclic N) is 1. The first-order valence-corrected chi connectivity index (χ1v) is 12.6. The Balaban J connectivity index is 1.61. The normalized spacial score (nSPS) is 18.7. The number of hydrogen-bond donors (Lipinski definition) is 3. The summed E-state index contributed by atoms with van der Waals surface area (Å²) in [6.07, 6.45) is -0.174. The Morgan fingerprint density at radius 2 is 1.94 bits per heavy atom. The third kappa shape index (κ3) is 4.31. The molecule has 1 fully saturated rings. The van der Waals surface area contributed by atoms with Crippen LogP contribution in [0.2, 0.25) is 0 Å². The van der Waals surface area contributed by atoms with Gasteiger partial charge in [0.1, 0.15) is 28.2 Å². The summed E-state index contributed by atoms with van der Waals surface area (Å²) in [5, 5.41) is 36.6. The summed E-state index contributed by atoms with van der Waals surface area (Å²) in [6.45, 7) is 5.63. The monoisotopic (exact) mass is 553 g/mol. The minimum atomic E-state index is -0.750. The smallest absolute Gasteiger partial charge is 0.197 e. The van der Waals surface area contributed by atoms with E-state index in [2.05, 4.69) is 21.0 Å². The SMILES string of the molecule is Cc1nn(Cc2cccc(-c3cc(=O)c4c(O)cc(O)c([C@H]5CCN(C)C[C@H]5O)c4o3)c2)c(C)c1Br. The summed E-state index contributed by atoms with van der Waals surface area (Å²) < 4.78 is 9.11. The molecule has 8 nitrogen and oxygen atoms in total. The molecule has 0 spiro atoms. The van der Waals surface area contributed by atoms with E-state index >= 15 is 0 Å². The van der Waals surface area contributed by atoms with E-state index in [4.69, 9.17) is 4.42 Å². The molecule has 3 N–H and O–H groups in total. The van der Waals surface area contributed by atoms with Gasteiger partial charge in [-0.1, -0.05) is 18.2 Å². The van der Waals surface area contributed by atoms with Crippen LogP contribution in [0.4, 0.5) is 0 Å². The third-order valence-electron chi connectivity index (χ3n) is 6.99. The van der Waals surface area contributed by atoms with Gasteiger partial charge in [-0.3, -0.25) is 9.48 Å². The van der Waals surface area contributed by atoms with Gasteiger partial charge in [-0.2, -0.15) is 5.10 Å². The lowest BCUT2D eigenvalue weighted by Crippen LogP contribution is -2.40. The standard InChI is InChI=1S/C27H28BrN3O5/c1-14-26(28)15(2)31(29-14)12-16-5-4-6-17(9-16)23-11-21(34)25-20(33)10-19(32)24(27(25)36-23)18-7-8-30(3)13-22(18)35/h4-6,9-11,18,22,32-33,35H,7-8,12-13H2,1-3H3/t18-,22+/m0/s1. The average Bonchev–Trinajstić information content (AvgIpc) is 3.06. The molecule has 4 aromatic rings. The number of aliphatic hydroxyl groups is 1. The van der Waals surface area contributed by atoms with Crippen LogP contribution < -0.4 is 5.43 Å². The lowest BCUT2D eigenvalue weighted by Gasteiger charge is -2.34. The second-order valence-electron chi connectivity index (χ2n) is 9.58. The first kappa shape index (κ1) is 24.5. The number of aliphatic hydroxyl groups excluding tert-OH is 1. The molecule has 0 unspecified atom stereocenters. The number of aromatic hydroxyl groups is 2. The van der Waals surface area contributed by atoms with Crippen LogP contribution in [0.3, 0.4) is 0 Å². The molecule has 2 aromatic carbocycles. The molecule has 2 aromatic heterocycles. The predicted octanol–water partition coefficient (Wildman–Crippen LogP) is 4.28. The van der Waals surface area contributed by atoms with Crippen molar-refractivity contribution in [3.05, 3.63) is 73.6 Å². The summed E-state index contributed by atoms with van der Waals surface area (Å²) in [4.78, 5) is 15.2. The fourth-order valence-corrected chi connectivity index (χ4v) is 5.36. The number of benzene rings is 2. The molecule has 0 bridgehead atoms. The van der Waals surface area contributed by atoms with E-state index in [1.807, 2.05) is 54.7 Å². The Labute approximate surface area is 216 Å². The maximum Gasteiger partial charge on any atom is 0.197 e. The highest BCUT2D eigenvalue weighted by atomic mass is 79.9. The molecule has 1 aliphatic heterocycles. The van der Waals surface area contributed by atoms with Gasteiger partial charge in [0.2, 0.25) is 0 Å². The van der Waals surface area contributed by atoms with E-state index in [0.29, 0.717) is 36.4 Å². The lowest BCUT2D eigenvalue weighted by atomic mass is 9.85. The van der Waals surface area contributed by atoms with Gasteiger partial charge in [0.25, 0.3) is 0 Å². The summed E-state index contributed by atoms with van der Waals surface area (Å²) in [5.74, 6) is -0.661. The summed E-state index contributed by atoms with van der Waals surface area (Å²) in [5.41, 5.74) is 3.63. The van der Waals surface area contributed by atoms with Crippen molar-refractivity contribution in [1.82, 2.24) is 14.7 Å². The Bertz CT molecular complexity index is 1530. The Kier molecular flexibility index (Phi) is 6.40. The fraction of sp³-hybridized carbons (Fsp3) is 0.333. The van der Waals surface area contributed by atoms with Crippen LogP contribution in [-0.2, 0) is 6.54 Å². The van der Waals surface area contributed by atoms with Crippen LogP contribution in [0.1, 0.15) is 34.9 Å². The minimum absolute atomic E-state index is 0.00123. The highest BCUT2D eigenvalue weighted by Crippen LogP contribution is 2.42. The van der Waals surface area contributed by atoms with Gasteiger partial charge in [-0.25, -0.2) is 0 Å². The number of phenols is 2. The number of piperidine rings is 1. The Hall–Kier alpha value is -3.14. The number of aryl methyl sites for hydroxylation is 1. The maximum absolute atomic E-state index is 13.1. The molecule has 0 radical (unpaired) electrons. The molecular weight excluding hydrogens is 526 g/mol. The van der Waals surface area contributed by atoms with E-state index in [0.717, 1.165) is 34.0 Å². The number of halogens is 1. The molecule has 188 valence electrons. The number of likely N-dealkylation sites (tertiary alicyclic amines) is 1. The van der Waals surface area contributed by atoms with Crippen molar-refractivity contribution in [1.29, 1.82) is 0 Å². The molecule has 36 heavy (non-hydrogen) atoms. The summed E-state index contributed by atoms with van der Waals surface area (Å²) in [7, 11) is 1.92. The van der Waals surface area contributed by atoms with Crippen molar-refractivity contribution < 1.29 is 19.7 Å². The van der Waals surface area contributed by atoms with Crippen molar-refractivity contribution in [3.63, 3.8) is 0 Å². The van der Waals surface area contributed by atoms with Crippen LogP contribution in [0.5, 0.6) is 11.5 Å². The third-order valence-corrected chi connectivity index (χ3v) is 8.14. The number of likely N-dealkylation sites (N-methyl/N-ethyl adjacent to an activating group) is 1. The minimum Gasteiger partial charge on any atom is -0.507 e. The van der Waals surface area contributed by atoms with Gasteiger partial charge in [0, 0.05) is 35.7 Å². The number of fused-ring (bicyclic) bond motifs is 1. The molecule has 0 aliphatic carbocycles. The molecule has 5 rings (SSSR count). The van der Waals surface area contributed by atoms with E-state index in [9.17, 15) is 20.1 Å². The van der Waals surface area contributed by atoms with Gasteiger partial charge in [0.15, 0.2) is 5.43 Å². The second kappa shape index (κ2) is 9.38. The van der Waals surface area contributed by atoms with Gasteiger partial charge in [0.05, 0.1) is 28.5 Å². The molecule has 3 heterocycles. The largest absolute Gasteiger partial charge is 0.507 e. The van der Waals surface area contributed by atoms with Crippen molar-refractivity contribution in [3.8, 4) is 22.8 Å². The Morgan fingerprint density at radius 1 is 1.17 bits per heavy atom. The molecule has 1 aliphatic rings. The van der Waals surface area contributed by atoms with E-state index in [1.54, 1.807) is 0 Å². The second-order valence-corrected chi connectivity index (χ2v) is 10.4. The number of aromatic nitrogens is 2.